The fourth-order valence-corrected chi connectivity index (χ4v) is 2.91. The van der Waals surface area contributed by atoms with Crippen LogP contribution in [-0.4, -0.2) is 50.2 Å². The predicted molar refractivity (Wildman–Crippen MR) is 103 cm³/mol. The Morgan fingerprint density at radius 2 is 1.93 bits per heavy atom. The Morgan fingerprint density at radius 1 is 1.15 bits per heavy atom. The van der Waals surface area contributed by atoms with Crippen molar-refractivity contribution in [1.82, 2.24) is 4.98 Å². The van der Waals surface area contributed by atoms with Gasteiger partial charge >= 0.3 is 5.97 Å². The molecule has 0 aliphatic carbocycles. The number of methoxy groups -OCH3 is 1. The Hall–Kier alpha value is -2.86. The average molecular weight is 371 g/mol. The molecule has 27 heavy (non-hydrogen) atoms. The number of ether oxygens (including phenoxy) is 2. The Balaban J connectivity index is 1.89. The number of hydrogen-bond acceptors (Lipinski definition) is 3. The SMILES string of the molecule is COc1ccc(C(=O)Oc2cccc3[nH]cc(CC[N+](C)(C)C)c23)cc1F. The fraction of sp³-hybridized carbons (Fsp3) is 0.286. The highest BCUT2D eigenvalue weighted by Crippen LogP contribution is 2.30. The van der Waals surface area contributed by atoms with Crippen LogP contribution in [0, 0.1) is 5.82 Å². The van der Waals surface area contributed by atoms with Gasteiger partial charge in [-0.15, -0.1) is 0 Å². The van der Waals surface area contributed by atoms with Crippen molar-refractivity contribution in [2.75, 3.05) is 34.8 Å². The second-order valence-corrected chi connectivity index (χ2v) is 7.50. The van der Waals surface area contributed by atoms with Crippen molar-refractivity contribution in [2.24, 2.45) is 0 Å². The van der Waals surface area contributed by atoms with Crippen LogP contribution in [-0.2, 0) is 6.42 Å². The molecule has 3 rings (SSSR count). The molecule has 1 aromatic heterocycles. The summed E-state index contributed by atoms with van der Waals surface area (Å²) in [5.41, 5.74) is 2.12. The van der Waals surface area contributed by atoms with Crippen LogP contribution >= 0.6 is 0 Å². The summed E-state index contributed by atoms with van der Waals surface area (Å²) < 4.78 is 25.2. The van der Waals surface area contributed by atoms with E-state index in [-0.39, 0.29) is 11.3 Å². The van der Waals surface area contributed by atoms with Crippen LogP contribution in [0.25, 0.3) is 10.9 Å². The first-order chi connectivity index (χ1) is 12.8. The molecule has 0 saturated heterocycles. The third kappa shape index (κ3) is 4.28. The molecule has 0 spiro atoms. The molecule has 6 heteroatoms. The quantitative estimate of drug-likeness (QED) is 0.408. The zero-order valence-corrected chi connectivity index (χ0v) is 16.0. The van der Waals surface area contributed by atoms with Gasteiger partial charge in [-0.05, 0) is 35.9 Å². The molecule has 1 N–H and O–H groups in total. The van der Waals surface area contributed by atoms with Crippen molar-refractivity contribution in [1.29, 1.82) is 0 Å². The molecule has 1 heterocycles. The standard InChI is InChI=1S/C21H24FN2O3/c1-24(2,3)11-10-15-13-23-17-6-5-7-19(20(15)17)27-21(25)14-8-9-18(26-4)16(22)12-14/h5-9,12-13,23H,10-11H2,1-4H3/q+1. The molecule has 0 unspecified atom stereocenters. The minimum Gasteiger partial charge on any atom is -0.494 e. The lowest BCUT2D eigenvalue weighted by Crippen LogP contribution is -2.36. The molecule has 142 valence electrons. The number of aromatic amines is 1. The summed E-state index contributed by atoms with van der Waals surface area (Å²) in [5, 5.41) is 0.883. The number of hydrogen-bond donors (Lipinski definition) is 1. The minimum atomic E-state index is -0.609. The largest absolute Gasteiger partial charge is 0.494 e. The maximum Gasteiger partial charge on any atom is 0.343 e. The van der Waals surface area contributed by atoms with Gasteiger partial charge in [-0.2, -0.15) is 0 Å². The van der Waals surface area contributed by atoms with E-state index in [2.05, 4.69) is 26.1 Å². The molecular formula is C21H24FN2O3+. The van der Waals surface area contributed by atoms with Crippen molar-refractivity contribution >= 4 is 16.9 Å². The van der Waals surface area contributed by atoms with Crippen LogP contribution in [0.4, 0.5) is 4.39 Å². The number of quaternary nitrogens is 1. The Bertz CT molecular complexity index is 973. The van der Waals surface area contributed by atoms with Crippen LogP contribution in [0.5, 0.6) is 11.5 Å². The van der Waals surface area contributed by atoms with E-state index in [0.29, 0.717) is 5.75 Å². The van der Waals surface area contributed by atoms with Gasteiger partial charge in [-0.3, -0.25) is 0 Å². The van der Waals surface area contributed by atoms with Crippen molar-refractivity contribution in [3.8, 4) is 11.5 Å². The third-order valence-corrected chi connectivity index (χ3v) is 4.39. The molecule has 0 fully saturated rings. The number of benzene rings is 2. The summed E-state index contributed by atoms with van der Waals surface area (Å²) in [6.07, 6.45) is 2.79. The maximum atomic E-state index is 13.9. The molecule has 0 saturated carbocycles. The van der Waals surface area contributed by atoms with Gasteiger partial charge < -0.3 is 18.9 Å². The predicted octanol–water partition coefficient (Wildman–Crippen LogP) is 3.78. The molecular weight excluding hydrogens is 347 g/mol. The first kappa shape index (κ1) is 18.9. The van der Waals surface area contributed by atoms with E-state index in [1.54, 1.807) is 6.07 Å². The van der Waals surface area contributed by atoms with E-state index >= 15 is 0 Å². The van der Waals surface area contributed by atoms with Crippen molar-refractivity contribution < 1.29 is 23.1 Å². The molecule has 2 aromatic carbocycles. The van der Waals surface area contributed by atoms with Crippen molar-refractivity contribution in [3.63, 3.8) is 0 Å². The summed E-state index contributed by atoms with van der Waals surface area (Å²) in [4.78, 5) is 15.7. The lowest BCUT2D eigenvalue weighted by molar-refractivity contribution is -0.870. The van der Waals surface area contributed by atoms with E-state index in [1.807, 2.05) is 18.3 Å². The number of carbonyl (C=O) groups excluding carboxylic acids is 1. The van der Waals surface area contributed by atoms with Crippen LogP contribution in [0.3, 0.4) is 0 Å². The van der Waals surface area contributed by atoms with Crippen LogP contribution in [0.2, 0.25) is 0 Å². The maximum absolute atomic E-state index is 13.9. The molecule has 3 aromatic rings. The summed E-state index contributed by atoms with van der Waals surface area (Å²) in [7, 11) is 7.77. The fourth-order valence-electron chi connectivity index (χ4n) is 2.91. The lowest BCUT2D eigenvalue weighted by Gasteiger charge is -2.23. The zero-order valence-electron chi connectivity index (χ0n) is 16.0. The van der Waals surface area contributed by atoms with Crippen LogP contribution < -0.4 is 9.47 Å². The average Bonchev–Trinajstić information content (AvgIpc) is 3.03. The number of halogens is 1. The molecule has 0 aliphatic rings. The monoisotopic (exact) mass is 371 g/mol. The normalized spacial score (nSPS) is 11.6. The smallest absolute Gasteiger partial charge is 0.343 e. The van der Waals surface area contributed by atoms with Crippen molar-refractivity contribution in [2.45, 2.75) is 6.42 Å². The molecule has 0 bridgehead atoms. The highest BCUT2D eigenvalue weighted by Gasteiger charge is 2.17. The highest BCUT2D eigenvalue weighted by molar-refractivity contribution is 5.96. The summed E-state index contributed by atoms with van der Waals surface area (Å²) in [6.45, 7) is 0.943. The number of H-pyrrole nitrogens is 1. The van der Waals surface area contributed by atoms with E-state index in [4.69, 9.17) is 9.47 Å². The summed E-state index contributed by atoms with van der Waals surface area (Å²) in [6, 6.07) is 9.53. The number of aromatic nitrogens is 1. The Morgan fingerprint density at radius 3 is 2.59 bits per heavy atom. The molecule has 0 amide bonds. The van der Waals surface area contributed by atoms with E-state index in [9.17, 15) is 9.18 Å². The Kier molecular flexibility index (Phi) is 5.19. The second-order valence-electron chi connectivity index (χ2n) is 7.50. The topological polar surface area (TPSA) is 51.3 Å². The molecule has 0 atom stereocenters. The zero-order chi connectivity index (χ0) is 19.6. The lowest BCUT2D eigenvalue weighted by atomic mass is 10.1. The number of nitrogens with one attached hydrogen (secondary N) is 1. The minimum absolute atomic E-state index is 0.0851. The molecule has 0 radical (unpaired) electrons. The number of fused-ring (bicyclic) bond motifs is 1. The van der Waals surface area contributed by atoms with Gasteiger partial charge in [-0.1, -0.05) is 6.07 Å². The van der Waals surface area contributed by atoms with Gasteiger partial charge in [-0.25, -0.2) is 9.18 Å². The van der Waals surface area contributed by atoms with Gasteiger partial charge in [0, 0.05) is 23.5 Å². The van der Waals surface area contributed by atoms with Crippen LogP contribution in [0.15, 0.2) is 42.6 Å². The second kappa shape index (κ2) is 7.40. The van der Waals surface area contributed by atoms with E-state index < -0.39 is 11.8 Å². The Labute approximate surface area is 157 Å². The third-order valence-electron chi connectivity index (χ3n) is 4.39. The number of nitrogens with zero attached hydrogens (tertiary/aromatic N) is 1. The van der Waals surface area contributed by atoms with E-state index in [1.165, 1.54) is 19.2 Å². The van der Waals surface area contributed by atoms with Gasteiger partial charge in [0.1, 0.15) is 5.75 Å². The highest BCUT2D eigenvalue weighted by atomic mass is 19.1. The number of carbonyl (C=O) groups is 1. The van der Waals surface area contributed by atoms with Crippen LogP contribution in [0.1, 0.15) is 15.9 Å². The first-order valence-electron chi connectivity index (χ1n) is 8.73. The summed E-state index contributed by atoms with van der Waals surface area (Å²) >= 11 is 0. The summed E-state index contributed by atoms with van der Waals surface area (Å²) in [5.74, 6) is -0.661. The molecule has 5 nitrogen and oxygen atoms in total. The van der Waals surface area contributed by atoms with Gasteiger partial charge in [0.2, 0.25) is 0 Å². The van der Waals surface area contributed by atoms with Gasteiger partial charge in [0.05, 0.1) is 40.4 Å². The van der Waals surface area contributed by atoms with Gasteiger partial charge in [0.15, 0.2) is 11.6 Å². The van der Waals surface area contributed by atoms with Crippen molar-refractivity contribution in [3.05, 3.63) is 59.5 Å². The number of rotatable bonds is 6. The van der Waals surface area contributed by atoms with E-state index in [0.717, 1.165) is 40.0 Å². The molecule has 0 aliphatic heterocycles. The first-order valence-corrected chi connectivity index (χ1v) is 8.73. The number of esters is 1. The number of likely N-dealkylation sites (N-methyl/N-ethyl adjacent to an activating group) is 1. The van der Waals surface area contributed by atoms with Gasteiger partial charge in [0.25, 0.3) is 0 Å².